The van der Waals surface area contributed by atoms with Crippen LogP contribution in [0, 0.1) is 6.92 Å². The van der Waals surface area contributed by atoms with Crippen LogP contribution in [0.5, 0.6) is 5.75 Å². The number of amides is 1. The highest BCUT2D eigenvalue weighted by atomic mass is 16.6. The van der Waals surface area contributed by atoms with E-state index in [-0.39, 0.29) is 12.0 Å². The fourth-order valence-corrected chi connectivity index (χ4v) is 2.43. The second-order valence-electron chi connectivity index (χ2n) is 5.32. The molecular formula is C15H17N3O3. The highest BCUT2D eigenvalue weighted by Crippen LogP contribution is 2.29. The van der Waals surface area contributed by atoms with Gasteiger partial charge in [0.05, 0.1) is 13.0 Å². The molecular weight excluding hydrogens is 270 g/mol. The molecule has 1 N–H and O–H groups in total. The molecule has 1 amide bonds. The number of carbonyl (C=O) groups is 1. The molecule has 0 fully saturated rings. The normalized spacial score (nSPS) is 16.4. The third-order valence-corrected chi connectivity index (χ3v) is 3.52. The molecule has 0 saturated heterocycles. The maximum Gasteiger partial charge on any atom is 0.224 e. The Bertz CT molecular complexity index is 666. The third kappa shape index (κ3) is 3.04. The first-order chi connectivity index (χ1) is 10.1. The zero-order valence-electron chi connectivity index (χ0n) is 12.0. The smallest absolute Gasteiger partial charge is 0.224 e. The molecule has 0 aliphatic carbocycles. The number of carbonyl (C=O) groups excluding carboxylic acids is 1. The number of fused-ring (bicyclic) bond motifs is 1. The van der Waals surface area contributed by atoms with Gasteiger partial charge in [-0.05, 0) is 31.0 Å². The molecule has 6 heteroatoms. The average Bonchev–Trinajstić information content (AvgIpc) is 3.00. The Morgan fingerprint density at radius 3 is 3.05 bits per heavy atom. The van der Waals surface area contributed by atoms with E-state index in [0.29, 0.717) is 24.4 Å². The van der Waals surface area contributed by atoms with Crippen molar-refractivity contribution in [1.29, 1.82) is 0 Å². The molecule has 1 aromatic carbocycles. The van der Waals surface area contributed by atoms with E-state index < -0.39 is 0 Å². The van der Waals surface area contributed by atoms with Gasteiger partial charge >= 0.3 is 0 Å². The number of rotatable bonds is 4. The van der Waals surface area contributed by atoms with Crippen molar-refractivity contribution < 1.29 is 14.2 Å². The van der Waals surface area contributed by atoms with Gasteiger partial charge in [-0.1, -0.05) is 22.4 Å². The summed E-state index contributed by atoms with van der Waals surface area (Å²) < 4.78 is 10.2. The first-order valence-electron chi connectivity index (χ1n) is 6.95. The molecule has 21 heavy (non-hydrogen) atoms. The second kappa shape index (κ2) is 5.55. The topological polar surface area (TPSA) is 77.3 Å². The standard InChI is InChI=1S/C15H17N3O3/c1-9-5-12-6-11(3-4-14(12)20-9)7-15(19)16-8-13-10(2)17-21-18-13/h3-4,6,9H,5,7-8H2,1-2H3,(H,16,19). The first-order valence-corrected chi connectivity index (χ1v) is 6.95. The fourth-order valence-electron chi connectivity index (χ4n) is 2.43. The lowest BCUT2D eigenvalue weighted by Crippen LogP contribution is -2.25. The van der Waals surface area contributed by atoms with Crippen molar-refractivity contribution in [3.05, 3.63) is 40.7 Å². The average molecular weight is 287 g/mol. The number of ether oxygens (including phenoxy) is 1. The Morgan fingerprint density at radius 1 is 1.43 bits per heavy atom. The summed E-state index contributed by atoms with van der Waals surface area (Å²) in [6, 6.07) is 5.91. The van der Waals surface area contributed by atoms with E-state index in [1.54, 1.807) is 6.92 Å². The minimum Gasteiger partial charge on any atom is -0.490 e. The number of nitrogens with zero attached hydrogens (tertiary/aromatic N) is 2. The van der Waals surface area contributed by atoms with Crippen molar-refractivity contribution in [1.82, 2.24) is 15.6 Å². The number of aryl methyl sites for hydroxylation is 1. The molecule has 1 atom stereocenters. The highest BCUT2D eigenvalue weighted by Gasteiger charge is 2.19. The van der Waals surface area contributed by atoms with E-state index in [1.807, 2.05) is 25.1 Å². The van der Waals surface area contributed by atoms with Crippen LogP contribution in [0.15, 0.2) is 22.8 Å². The van der Waals surface area contributed by atoms with Crippen LogP contribution in [0.1, 0.15) is 29.4 Å². The summed E-state index contributed by atoms with van der Waals surface area (Å²) in [5.74, 6) is 0.875. The second-order valence-corrected chi connectivity index (χ2v) is 5.32. The van der Waals surface area contributed by atoms with Gasteiger partial charge in [-0.3, -0.25) is 4.79 Å². The Labute approximate surface area is 122 Å². The van der Waals surface area contributed by atoms with Crippen molar-refractivity contribution in [2.75, 3.05) is 0 Å². The quantitative estimate of drug-likeness (QED) is 0.923. The van der Waals surface area contributed by atoms with Gasteiger partial charge in [0.15, 0.2) is 0 Å². The Kier molecular flexibility index (Phi) is 3.60. The van der Waals surface area contributed by atoms with E-state index >= 15 is 0 Å². The molecule has 0 radical (unpaired) electrons. The number of nitrogens with one attached hydrogen (secondary N) is 1. The molecule has 110 valence electrons. The van der Waals surface area contributed by atoms with Crippen LogP contribution in [0.3, 0.4) is 0 Å². The Balaban J connectivity index is 1.58. The summed E-state index contributed by atoms with van der Waals surface area (Å²) >= 11 is 0. The van der Waals surface area contributed by atoms with Crippen LogP contribution in [-0.2, 0) is 24.2 Å². The van der Waals surface area contributed by atoms with Crippen LogP contribution in [0.2, 0.25) is 0 Å². The van der Waals surface area contributed by atoms with Crippen LogP contribution in [-0.4, -0.2) is 22.3 Å². The number of hydrogen-bond acceptors (Lipinski definition) is 5. The molecule has 6 nitrogen and oxygen atoms in total. The predicted octanol–water partition coefficient (Wildman–Crippen LogP) is 1.56. The van der Waals surface area contributed by atoms with Crippen LogP contribution in [0.25, 0.3) is 0 Å². The summed E-state index contributed by atoms with van der Waals surface area (Å²) in [6.07, 6.45) is 1.45. The summed E-state index contributed by atoms with van der Waals surface area (Å²) in [6.45, 7) is 4.17. The van der Waals surface area contributed by atoms with Gasteiger partial charge < -0.3 is 10.1 Å². The number of benzene rings is 1. The summed E-state index contributed by atoms with van der Waals surface area (Å²) in [5.41, 5.74) is 3.50. The van der Waals surface area contributed by atoms with Gasteiger partial charge in [0.1, 0.15) is 23.2 Å². The van der Waals surface area contributed by atoms with Crippen molar-refractivity contribution in [3.8, 4) is 5.75 Å². The zero-order valence-corrected chi connectivity index (χ0v) is 12.0. The Hall–Kier alpha value is -2.37. The minimum atomic E-state index is -0.0516. The molecule has 1 aliphatic rings. The van der Waals surface area contributed by atoms with Crippen molar-refractivity contribution in [2.24, 2.45) is 0 Å². The molecule has 1 unspecified atom stereocenters. The lowest BCUT2D eigenvalue weighted by atomic mass is 10.0. The van der Waals surface area contributed by atoms with Gasteiger partial charge in [0, 0.05) is 6.42 Å². The summed E-state index contributed by atoms with van der Waals surface area (Å²) in [7, 11) is 0. The third-order valence-electron chi connectivity index (χ3n) is 3.52. The number of aromatic nitrogens is 2. The van der Waals surface area contributed by atoms with Gasteiger partial charge in [-0.2, -0.15) is 0 Å². The van der Waals surface area contributed by atoms with Gasteiger partial charge in [0.25, 0.3) is 0 Å². The minimum absolute atomic E-state index is 0.0516. The van der Waals surface area contributed by atoms with E-state index in [2.05, 4.69) is 20.3 Å². The fraction of sp³-hybridized carbons (Fsp3) is 0.400. The predicted molar refractivity (Wildman–Crippen MR) is 74.8 cm³/mol. The summed E-state index contributed by atoms with van der Waals surface area (Å²) in [5, 5.41) is 10.2. The van der Waals surface area contributed by atoms with E-state index in [1.165, 1.54) is 5.56 Å². The van der Waals surface area contributed by atoms with Gasteiger partial charge in [-0.25, -0.2) is 4.63 Å². The lowest BCUT2D eigenvalue weighted by Gasteiger charge is -2.05. The molecule has 0 saturated carbocycles. The largest absolute Gasteiger partial charge is 0.490 e. The summed E-state index contributed by atoms with van der Waals surface area (Å²) in [4.78, 5) is 12.0. The Morgan fingerprint density at radius 2 is 2.29 bits per heavy atom. The molecule has 1 aliphatic heterocycles. The molecule has 2 heterocycles. The monoisotopic (exact) mass is 287 g/mol. The van der Waals surface area contributed by atoms with Crippen molar-refractivity contribution in [3.63, 3.8) is 0 Å². The zero-order chi connectivity index (χ0) is 14.8. The van der Waals surface area contributed by atoms with Crippen LogP contribution < -0.4 is 10.1 Å². The van der Waals surface area contributed by atoms with Gasteiger partial charge in [0.2, 0.25) is 5.91 Å². The van der Waals surface area contributed by atoms with Crippen molar-refractivity contribution >= 4 is 5.91 Å². The number of hydrogen-bond donors (Lipinski definition) is 1. The first kappa shape index (κ1) is 13.6. The van der Waals surface area contributed by atoms with E-state index in [9.17, 15) is 4.79 Å². The van der Waals surface area contributed by atoms with Crippen LogP contribution >= 0.6 is 0 Å². The molecule has 1 aromatic heterocycles. The lowest BCUT2D eigenvalue weighted by molar-refractivity contribution is -0.120. The van der Waals surface area contributed by atoms with E-state index in [0.717, 1.165) is 17.7 Å². The highest BCUT2D eigenvalue weighted by molar-refractivity contribution is 5.78. The van der Waals surface area contributed by atoms with Crippen LogP contribution in [0.4, 0.5) is 0 Å². The maximum absolute atomic E-state index is 12.0. The molecule has 2 aromatic rings. The van der Waals surface area contributed by atoms with Gasteiger partial charge in [-0.15, -0.1) is 0 Å². The van der Waals surface area contributed by atoms with E-state index in [4.69, 9.17) is 4.74 Å². The van der Waals surface area contributed by atoms with Crippen molar-refractivity contribution in [2.45, 2.75) is 39.3 Å². The molecule has 0 spiro atoms. The maximum atomic E-state index is 12.0. The SMILES string of the molecule is Cc1nonc1CNC(=O)Cc1ccc2c(c1)CC(C)O2. The molecule has 3 rings (SSSR count). The molecule has 0 bridgehead atoms.